The Balaban J connectivity index is 0.00000200. The van der Waals surface area contributed by atoms with Gasteiger partial charge in [-0.15, -0.1) is 12.4 Å². The molecule has 4 nitrogen and oxygen atoms in total. The maximum absolute atomic E-state index is 13.6. The van der Waals surface area contributed by atoms with Crippen molar-refractivity contribution in [3.8, 4) is 0 Å². The fourth-order valence-electron chi connectivity index (χ4n) is 1.95. The first-order valence-corrected chi connectivity index (χ1v) is 8.05. The first-order chi connectivity index (χ1) is 8.90. The van der Waals surface area contributed by atoms with Crippen LogP contribution < -0.4 is 10.0 Å². The van der Waals surface area contributed by atoms with Crippen molar-refractivity contribution < 1.29 is 17.2 Å². The molecule has 2 N–H and O–H groups in total. The van der Waals surface area contributed by atoms with Gasteiger partial charge in [-0.05, 0) is 41.4 Å². The molecule has 2 rings (SSSR count). The van der Waals surface area contributed by atoms with Crippen LogP contribution in [0.15, 0.2) is 21.5 Å². The summed E-state index contributed by atoms with van der Waals surface area (Å²) in [5.41, 5.74) is 0. The molecule has 1 aromatic carbocycles. The Hall–Kier alpha value is -0.280. The van der Waals surface area contributed by atoms with Crippen LogP contribution in [0.25, 0.3) is 0 Å². The van der Waals surface area contributed by atoms with E-state index in [9.17, 15) is 17.2 Å². The molecule has 1 heterocycles. The topological polar surface area (TPSA) is 58.2 Å². The van der Waals surface area contributed by atoms with Gasteiger partial charge in [0.25, 0.3) is 0 Å². The lowest BCUT2D eigenvalue weighted by Gasteiger charge is -2.23. The molecule has 0 spiro atoms. The van der Waals surface area contributed by atoms with Crippen molar-refractivity contribution in [3.05, 3.63) is 28.2 Å². The highest BCUT2D eigenvalue weighted by Crippen LogP contribution is 2.23. The molecule has 1 fully saturated rings. The van der Waals surface area contributed by atoms with Crippen molar-refractivity contribution in [1.29, 1.82) is 0 Å². The summed E-state index contributed by atoms with van der Waals surface area (Å²) in [5, 5.41) is 3.05. The SMILES string of the molecule is Cl.O=S(=O)(NC1CCCNC1)c1cc(Br)c(F)cc1F. The molecule has 0 amide bonds. The normalized spacial score (nSPS) is 19.4. The van der Waals surface area contributed by atoms with E-state index >= 15 is 0 Å². The van der Waals surface area contributed by atoms with Gasteiger partial charge in [0.2, 0.25) is 10.0 Å². The van der Waals surface area contributed by atoms with E-state index in [4.69, 9.17) is 0 Å². The maximum Gasteiger partial charge on any atom is 0.243 e. The molecule has 1 unspecified atom stereocenters. The predicted molar refractivity (Wildman–Crippen MR) is 77.5 cm³/mol. The molecule has 1 saturated heterocycles. The number of hydrogen-bond acceptors (Lipinski definition) is 3. The number of piperidine rings is 1. The van der Waals surface area contributed by atoms with Crippen LogP contribution in [0.1, 0.15) is 12.8 Å². The number of hydrogen-bond donors (Lipinski definition) is 2. The maximum atomic E-state index is 13.6. The van der Waals surface area contributed by atoms with E-state index in [0.29, 0.717) is 19.0 Å². The van der Waals surface area contributed by atoms with Gasteiger partial charge in [-0.2, -0.15) is 0 Å². The third kappa shape index (κ3) is 4.11. The second-order valence-electron chi connectivity index (χ2n) is 4.36. The molecular formula is C11H14BrClF2N2O2S. The number of benzene rings is 1. The van der Waals surface area contributed by atoms with Gasteiger partial charge in [0.05, 0.1) is 4.47 Å². The lowest BCUT2D eigenvalue weighted by Crippen LogP contribution is -2.45. The van der Waals surface area contributed by atoms with Gasteiger partial charge in [0.15, 0.2) is 0 Å². The molecule has 1 aliphatic heterocycles. The molecule has 9 heteroatoms. The van der Waals surface area contributed by atoms with Gasteiger partial charge >= 0.3 is 0 Å². The third-order valence-corrected chi connectivity index (χ3v) is 5.03. The van der Waals surface area contributed by atoms with Crippen LogP contribution in [-0.4, -0.2) is 27.5 Å². The van der Waals surface area contributed by atoms with E-state index < -0.39 is 26.6 Å². The summed E-state index contributed by atoms with van der Waals surface area (Å²) in [6, 6.07) is 1.21. The quantitative estimate of drug-likeness (QED) is 0.777. The fraction of sp³-hybridized carbons (Fsp3) is 0.455. The molecule has 0 aromatic heterocycles. The van der Waals surface area contributed by atoms with E-state index in [-0.39, 0.29) is 22.9 Å². The smallest absolute Gasteiger partial charge is 0.243 e. The first kappa shape index (κ1) is 17.8. The van der Waals surface area contributed by atoms with E-state index in [1.54, 1.807) is 0 Å². The van der Waals surface area contributed by atoms with Crippen LogP contribution in [-0.2, 0) is 10.0 Å². The summed E-state index contributed by atoms with van der Waals surface area (Å²) in [7, 11) is -3.99. The van der Waals surface area contributed by atoms with Crippen molar-refractivity contribution in [2.24, 2.45) is 0 Å². The van der Waals surface area contributed by atoms with Crippen molar-refractivity contribution in [2.75, 3.05) is 13.1 Å². The predicted octanol–water partition coefficient (Wildman–Crippen LogP) is 2.18. The Bertz CT molecular complexity index is 580. The van der Waals surface area contributed by atoms with E-state index in [2.05, 4.69) is 26.0 Å². The monoisotopic (exact) mass is 390 g/mol. The summed E-state index contributed by atoms with van der Waals surface area (Å²) < 4.78 is 53.1. The fourth-order valence-corrected chi connectivity index (χ4v) is 3.80. The minimum atomic E-state index is -3.99. The Morgan fingerprint density at radius 3 is 2.60 bits per heavy atom. The molecule has 0 radical (unpaired) electrons. The average Bonchev–Trinajstić information content (AvgIpc) is 2.34. The summed E-state index contributed by atoms with van der Waals surface area (Å²) in [4.78, 5) is -0.550. The summed E-state index contributed by atoms with van der Waals surface area (Å²) in [6.45, 7) is 1.35. The van der Waals surface area contributed by atoms with Gasteiger partial charge in [-0.3, -0.25) is 0 Å². The van der Waals surface area contributed by atoms with Crippen LogP contribution in [0, 0.1) is 11.6 Å². The second kappa shape index (κ2) is 7.13. The lowest BCUT2D eigenvalue weighted by molar-refractivity contribution is 0.427. The van der Waals surface area contributed by atoms with Gasteiger partial charge < -0.3 is 5.32 Å². The number of nitrogens with one attached hydrogen (secondary N) is 2. The van der Waals surface area contributed by atoms with Gasteiger partial charge in [0, 0.05) is 18.7 Å². The molecule has 1 atom stereocenters. The summed E-state index contributed by atoms with van der Waals surface area (Å²) in [5.74, 6) is -1.94. The molecule has 1 aliphatic rings. The largest absolute Gasteiger partial charge is 0.315 e. The molecule has 0 saturated carbocycles. The second-order valence-corrected chi connectivity index (χ2v) is 6.90. The zero-order valence-corrected chi connectivity index (χ0v) is 13.5. The van der Waals surface area contributed by atoms with Gasteiger partial charge in [0.1, 0.15) is 16.5 Å². The Morgan fingerprint density at radius 2 is 2.00 bits per heavy atom. The van der Waals surface area contributed by atoms with Gasteiger partial charge in [-0.25, -0.2) is 21.9 Å². The van der Waals surface area contributed by atoms with Gasteiger partial charge in [-0.1, -0.05) is 0 Å². The molecular weight excluding hydrogens is 378 g/mol. The Morgan fingerprint density at radius 1 is 1.30 bits per heavy atom. The van der Waals surface area contributed by atoms with Crippen molar-refractivity contribution in [1.82, 2.24) is 10.0 Å². The minimum absolute atomic E-state index is 0. The number of sulfonamides is 1. The highest BCUT2D eigenvalue weighted by Gasteiger charge is 2.25. The summed E-state index contributed by atoms with van der Waals surface area (Å²) >= 11 is 2.85. The van der Waals surface area contributed by atoms with Crippen LogP contribution in [0.5, 0.6) is 0 Å². The highest BCUT2D eigenvalue weighted by atomic mass is 79.9. The Kier molecular flexibility index (Phi) is 6.33. The molecule has 114 valence electrons. The van der Waals surface area contributed by atoms with Crippen LogP contribution >= 0.6 is 28.3 Å². The van der Waals surface area contributed by atoms with E-state index in [0.717, 1.165) is 19.0 Å². The zero-order valence-electron chi connectivity index (χ0n) is 10.3. The van der Waals surface area contributed by atoms with E-state index in [1.165, 1.54) is 0 Å². The minimum Gasteiger partial charge on any atom is -0.315 e. The number of rotatable bonds is 3. The molecule has 20 heavy (non-hydrogen) atoms. The molecule has 0 aliphatic carbocycles. The van der Waals surface area contributed by atoms with Crippen LogP contribution in [0.2, 0.25) is 0 Å². The van der Waals surface area contributed by atoms with E-state index in [1.807, 2.05) is 0 Å². The summed E-state index contributed by atoms with van der Waals surface area (Å²) in [6.07, 6.45) is 1.54. The van der Waals surface area contributed by atoms with Crippen molar-refractivity contribution in [2.45, 2.75) is 23.8 Å². The molecule has 0 bridgehead atoms. The number of halogens is 4. The third-order valence-electron chi connectivity index (χ3n) is 2.88. The average molecular weight is 392 g/mol. The van der Waals surface area contributed by atoms with Crippen molar-refractivity contribution in [3.63, 3.8) is 0 Å². The Labute approximate surface area is 130 Å². The highest BCUT2D eigenvalue weighted by molar-refractivity contribution is 9.10. The lowest BCUT2D eigenvalue weighted by atomic mass is 10.1. The molecule has 1 aromatic rings. The first-order valence-electron chi connectivity index (χ1n) is 5.78. The van der Waals surface area contributed by atoms with Crippen LogP contribution in [0.3, 0.4) is 0 Å². The zero-order chi connectivity index (χ0) is 14.0. The van der Waals surface area contributed by atoms with Crippen LogP contribution in [0.4, 0.5) is 8.78 Å². The van der Waals surface area contributed by atoms with Crippen molar-refractivity contribution >= 4 is 38.4 Å². The standard InChI is InChI=1S/C11H13BrF2N2O2S.ClH/c12-8-4-11(10(14)5-9(8)13)19(17,18)16-7-2-1-3-15-6-7;/h4-5,7,15-16H,1-3,6H2;1H.